The van der Waals surface area contributed by atoms with E-state index >= 15 is 0 Å². The number of hydrogen-bond donors (Lipinski definition) is 1. The number of aromatic nitrogens is 3. The molecule has 15 heavy (non-hydrogen) atoms. The monoisotopic (exact) mass is 269 g/mol. The molecule has 0 fully saturated rings. The summed E-state index contributed by atoms with van der Waals surface area (Å²) in [6, 6.07) is 3.52. The van der Waals surface area contributed by atoms with Crippen LogP contribution in [0.1, 0.15) is 0 Å². The van der Waals surface area contributed by atoms with Crippen LogP contribution in [0.5, 0.6) is 0 Å². The Morgan fingerprint density at radius 3 is 3.00 bits per heavy atom. The zero-order valence-corrected chi connectivity index (χ0v) is 9.31. The molecule has 78 valence electrons. The van der Waals surface area contributed by atoms with Gasteiger partial charge in [0.15, 0.2) is 5.65 Å². The molecule has 0 bridgehead atoms. The van der Waals surface area contributed by atoms with Gasteiger partial charge in [-0.05, 0) is 28.1 Å². The summed E-state index contributed by atoms with van der Waals surface area (Å²) in [6.07, 6.45) is 1.23. The van der Waals surface area contributed by atoms with Crippen LogP contribution in [-0.4, -0.2) is 26.2 Å². The molecule has 2 rings (SSSR count). The Morgan fingerprint density at radius 2 is 2.27 bits per heavy atom. The molecule has 0 atom stereocenters. The number of hydrogen-bond acceptors (Lipinski definition) is 4. The highest BCUT2D eigenvalue weighted by atomic mass is 79.9. The van der Waals surface area contributed by atoms with E-state index in [2.05, 4.69) is 25.9 Å². The van der Waals surface area contributed by atoms with Crippen LogP contribution >= 0.6 is 15.9 Å². The quantitative estimate of drug-likeness (QED) is 0.809. The molecule has 0 aliphatic carbocycles. The second-order valence-electron chi connectivity index (χ2n) is 2.95. The van der Waals surface area contributed by atoms with Gasteiger partial charge < -0.3 is 5.11 Å². The first kappa shape index (κ1) is 10.3. The van der Waals surface area contributed by atoms with Crippen LogP contribution in [0.15, 0.2) is 27.7 Å². The van der Waals surface area contributed by atoms with Crippen molar-refractivity contribution in [3.63, 3.8) is 0 Å². The lowest BCUT2D eigenvalue weighted by atomic mass is 10.4. The van der Waals surface area contributed by atoms with Crippen LogP contribution in [-0.2, 0) is 6.54 Å². The summed E-state index contributed by atoms with van der Waals surface area (Å²) in [5.74, 6) is 0. The summed E-state index contributed by atoms with van der Waals surface area (Å²) < 4.78 is 2.03. The molecule has 0 unspecified atom stereocenters. The van der Waals surface area contributed by atoms with Crippen molar-refractivity contribution in [2.45, 2.75) is 6.54 Å². The van der Waals surface area contributed by atoms with Gasteiger partial charge >= 0.3 is 0 Å². The molecule has 2 heterocycles. The number of nitrogens with zero attached hydrogens (tertiary/aromatic N) is 3. The maximum atomic E-state index is 11.5. The third-order valence-corrected chi connectivity index (χ3v) is 2.42. The van der Waals surface area contributed by atoms with Gasteiger partial charge in [-0.15, -0.1) is 0 Å². The Bertz CT molecular complexity index is 553. The molecule has 0 radical (unpaired) electrons. The van der Waals surface area contributed by atoms with E-state index < -0.39 is 0 Å². The molecule has 0 aromatic carbocycles. The van der Waals surface area contributed by atoms with Gasteiger partial charge in [0.25, 0.3) is 5.56 Å². The van der Waals surface area contributed by atoms with Gasteiger partial charge in [-0.25, -0.2) is 9.97 Å². The SMILES string of the molecule is O=c1cnc2ccc(Br)nc2n1CCO. The Balaban J connectivity index is 2.78. The summed E-state index contributed by atoms with van der Waals surface area (Å²) in [5, 5.41) is 8.85. The van der Waals surface area contributed by atoms with Crippen LogP contribution < -0.4 is 5.56 Å². The summed E-state index contributed by atoms with van der Waals surface area (Å²) in [5.41, 5.74) is 0.847. The Morgan fingerprint density at radius 1 is 1.47 bits per heavy atom. The minimum absolute atomic E-state index is 0.104. The van der Waals surface area contributed by atoms with Crippen molar-refractivity contribution in [3.05, 3.63) is 33.3 Å². The van der Waals surface area contributed by atoms with Crippen LogP contribution in [0.25, 0.3) is 11.2 Å². The fraction of sp³-hybridized carbons (Fsp3) is 0.222. The van der Waals surface area contributed by atoms with Gasteiger partial charge in [0, 0.05) is 0 Å². The molecule has 5 nitrogen and oxygen atoms in total. The average molecular weight is 270 g/mol. The van der Waals surface area contributed by atoms with E-state index in [0.717, 1.165) is 0 Å². The summed E-state index contributed by atoms with van der Waals surface area (Å²) in [7, 11) is 0. The second-order valence-corrected chi connectivity index (χ2v) is 3.76. The van der Waals surface area contributed by atoms with E-state index in [9.17, 15) is 4.79 Å². The van der Waals surface area contributed by atoms with E-state index in [1.54, 1.807) is 12.1 Å². The molecule has 0 saturated carbocycles. The van der Waals surface area contributed by atoms with E-state index in [1.807, 2.05) is 0 Å². The van der Waals surface area contributed by atoms with Crippen LogP contribution in [0.4, 0.5) is 0 Å². The van der Waals surface area contributed by atoms with Gasteiger partial charge in [-0.3, -0.25) is 9.36 Å². The Labute approximate surface area is 93.5 Å². The normalized spacial score (nSPS) is 10.8. The van der Waals surface area contributed by atoms with Gasteiger partial charge in [0.05, 0.1) is 19.3 Å². The molecule has 0 spiro atoms. The van der Waals surface area contributed by atoms with Crippen molar-refractivity contribution < 1.29 is 5.11 Å². The van der Waals surface area contributed by atoms with Gasteiger partial charge in [-0.2, -0.15) is 0 Å². The highest BCUT2D eigenvalue weighted by Crippen LogP contribution is 2.11. The van der Waals surface area contributed by atoms with Crippen molar-refractivity contribution in [2.75, 3.05) is 6.61 Å². The van der Waals surface area contributed by atoms with E-state index in [-0.39, 0.29) is 18.7 Å². The Hall–Kier alpha value is -1.27. The molecule has 0 amide bonds. The first-order valence-electron chi connectivity index (χ1n) is 4.35. The highest BCUT2D eigenvalue weighted by molar-refractivity contribution is 9.10. The number of fused-ring (bicyclic) bond motifs is 1. The molecular weight excluding hydrogens is 262 g/mol. The van der Waals surface area contributed by atoms with Crippen LogP contribution in [0, 0.1) is 0 Å². The van der Waals surface area contributed by atoms with E-state index in [0.29, 0.717) is 15.8 Å². The Kier molecular flexibility index (Phi) is 2.79. The summed E-state index contributed by atoms with van der Waals surface area (Å²) >= 11 is 3.23. The molecule has 0 aliphatic heterocycles. The average Bonchev–Trinajstić information content (AvgIpc) is 2.23. The molecule has 0 aliphatic rings. The first-order valence-corrected chi connectivity index (χ1v) is 5.14. The third kappa shape index (κ3) is 1.91. The minimum Gasteiger partial charge on any atom is -0.395 e. The van der Waals surface area contributed by atoms with Crippen LogP contribution in [0.3, 0.4) is 0 Å². The van der Waals surface area contributed by atoms with Crippen molar-refractivity contribution >= 4 is 27.1 Å². The second kappa shape index (κ2) is 4.08. The number of halogens is 1. The third-order valence-electron chi connectivity index (χ3n) is 1.98. The topological polar surface area (TPSA) is 68.0 Å². The van der Waals surface area contributed by atoms with Crippen molar-refractivity contribution in [3.8, 4) is 0 Å². The number of pyridine rings is 1. The van der Waals surface area contributed by atoms with Gasteiger partial charge in [-0.1, -0.05) is 0 Å². The molecule has 0 saturated heterocycles. The van der Waals surface area contributed by atoms with Gasteiger partial charge in [0.2, 0.25) is 0 Å². The zero-order chi connectivity index (χ0) is 10.8. The first-order chi connectivity index (χ1) is 7.22. The number of aliphatic hydroxyl groups excluding tert-OH is 1. The maximum Gasteiger partial charge on any atom is 0.270 e. The fourth-order valence-electron chi connectivity index (χ4n) is 1.33. The lowest BCUT2D eigenvalue weighted by Crippen LogP contribution is -2.22. The smallest absolute Gasteiger partial charge is 0.270 e. The number of rotatable bonds is 2. The van der Waals surface area contributed by atoms with Gasteiger partial charge in [0.1, 0.15) is 10.1 Å². The summed E-state index contributed by atoms with van der Waals surface area (Å²) in [6.45, 7) is 0.120. The number of aliphatic hydroxyl groups is 1. The fourth-order valence-corrected chi connectivity index (χ4v) is 1.63. The molecule has 6 heteroatoms. The minimum atomic E-state index is -0.262. The van der Waals surface area contributed by atoms with E-state index in [4.69, 9.17) is 5.11 Å². The van der Waals surface area contributed by atoms with Crippen molar-refractivity contribution in [1.82, 2.24) is 14.5 Å². The summed E-state index contributed by atoms with van der Waals surface area (Å²) in [4.78, 5) is 19.6. The zero-order valence-electron chi connectivity index (χ0n) is 7.72. The van der Waals surface area contributed by atoms with E-state index in [1.165, 1.54) is 10.8 Å². The molecule has 1 N–H and O–H groups in total. The largest absolute Gasteiger partial charge is 0.395 e. The molecule has 2 aromatic heterocycles. The van der Waals surface area contributed by atoms with Crippen molar-refractivity contribution in [1.29, 1.82) is 0 Å². The highest BCUT2D eigenvalue weighted by Gasteiger charge is 2.05. The molecular formula is C9H8BrN3O2. The standard InChI is InChI=1S/C9H8BrN3O2/c10-7-2-1-6-9(12-7)13(3-4-14)8(15)5-11-6/h1-2,5,14H,3-4H2. The predicted molar refractivity (Wildman–Crippen MR) is 58.6 cm³/mol. The lowest BCUT2D eigenvalue weighted by molar-refractivity contribution is 0.276. The lowest BCUT2D eigenvalue weighted by Gasteiger charge is -2.06. The predicted octanol–water partition coefficient (Wildman–Crippen LogP) is 0.546. The maximum absolute atomic E-state index is 11.5. The van der Waals surface area contributed by atoms with Crippen molar-refractivity contribution in [2.24, 2.45) is 0 Å². The molecule has 2 aromatic rings. The van der Waals surface area contributed by atoms with Crippen LogP contribution in [0.2, 0.25) is 0 Å².